The largest absolute Gasteiger partial charge is 0.454 e. The van der Waals surface area contributed by atoms with Crippen molar-refractivity contribution in [2.24, 2.45) is 5.92 Å². The second kappa shape index (κ2) is 3.52. The van der Waals surface area contributed by atoms with Crippen molar-refractivity contribution in [3.05, 3.63) is 22.6 Å². The summed E-state index contributed by atoms with van der Waals surface area (Å²) in [4.78, 5) is 0. The molecule has 0 saturated carbocycles. The van der Waals surface area contributed by atoms with Crippen LogP contribution < -0.4 is 5.32 Å². The first-order valence-corrected chi connectivity index (χ1v) is 4.96. The highest BCUT2D eigenvalue weighted by atomic mass is 79.9. The van der Waals surface area contributed by atoms with Gasteiger partial charge in [0.1, 0.15) is 5.76 Å². The van der Waals surface area contributed by atoms with E-state index < -0.39 is 0 Å². The molecule has 2 heterocycles. The molecule has 1 aliphatic heterocycles. The molecular formula is C9H9BrN2O. The van der Waals surface area contributed by atoms with Gasteiger partial charge in [0.15, 0.2) is 4.67 Å². The minimum atomic E-state index is 0.0399. The van der Waals surface area contributed by atoms with Crippen molar-refractivity contribution in [2.75, 3.05) is 13.1 Å². The van der Waals surface area contributed by atoms with Crippen LogP contribution in [-0.4, -0.2) is 13.1 Å². The monoisotopic (exact) mass is 240 g/mol. The van der Waals surface area contributed by atoms with Gasteiger partial charge in [0.05, 0.1) is 12.0 Å². The molecule has 3 nitrogen and oxygen atoms in total. The first-order valence-electron chi connectivity index (χ1n) is 4.17. The van der Waals surface area contributed by atoms with Crippen molar-refractivity contribution >= 4 is 15.9 Å². The lowest BCUT2D eigenvalue weighted by molar-refractivity contribution is 0.436. The summed E-state index contributed by atoms with van der Waals surface area (Å²) in [7, 11) is 0. The summed E-state index contributed by atoms with van der Waals surface area (Å²) in [5.74, 6) is 1.14. The van der Waals surface area contributed by atoms with E-state index in [0.29, 0.717) is 0 Å². The smallest absolute Gasteiger partial charge is 0.169 e. The Hall–Kier alpha value is -0.790. The molecule has 2 rings (SSSR count). The Balaban J connectivity index is 2.21. The van der Waals surface area contributed by atoms with E-state index in [4.69, 9.17) is 9.68 Å². The average molecular weight is 241 g/mol. The van der Waals surface area contributed by atoms with Crippen LogP contribution in [0.5, 0.6) is 0 Å². The molecule has 0 spiro atoms. The molecule has 1 aromatic rings. The van der Waals surface area contributed by atoms with Crippen LogP contribution >= 0.6 is 15.9 Å². The third-order valence-electron chi connectivity index (χ3n) is 2.34. The van der Waals surface area contributed by atoms with Crippen molar-refractivity contribution < 1.29 is 4.42 Å². The van der Waals surface area contributed by atoms with Gasteiger partial charge < -0.3 is 9.73 Å². The van der Waals surface area contributed by atoms with E-state index in [9.17, 15) is 0 Å². The highest BCUT2D eigenvalue weighted by Crippen LogP contribution is 2.30. The Morgan fingerprint density at radius 1 is 1.54 bits per heavy atom. The molecule has 1 saturated heterocycles. The summed E-state index contributed by atoms with van der Waals surface area (Å²) in [6.45, 7) is 1.59. The Morgan fingerprint density at radius 2 is 2.38 bits per heavy atom. The zero-order chi connectivity index (χ0) is 9.26. The van der Waals surface area contributed by atoms with E-state index >= 15 is 0 Å². The molecule has 1 aliphatic rings. The molecular weight excluding hydrogens is 232 g/mol. The predicted molar refractivity (Wildman–Crippen MR) is 51.1 cm³/mol. The molecule has 0 unspecified atom stereocenters. The summed E-state index contributed by atoms with van der Waals surface area (Å²) in [5, 5.41) is 12.0. The summed E-state index contributed by atoms with van der Waals surface area (Å²) in [6, 6.07) is 6.07. The molecule has 13 heavy (non-hydrogen) atoms. The van der Waals surface area contributed by atoms with Crippen LogP contribution in [0.15, 0.2) is 21.2 Å². The maximum atomic E-state index is 8.86. The van der Waals surface area contributed by atoms with Gasteiger partial charge in [-0.3, -0.25) is 0 Å². The van der Waals surface area contributed by atoms with E-state index in [1.807, 2.05) is 12.1 Å². The van der Waals surface area contributed by atoms with Gasteiger partial charge in [-0.1, -0.05) is 0 Å². The highest BCUT2D eigenvalue weighted by molar-refractivity contribution is 9.10. The van der Waals surface area contributed by atoms with Gasteiger partial charge in [0.25, 0.3) is 0 Å². The van der Waals surface area contributed by atoms with Gasteiger partial charge in [-0.25, -0.2) is 0 Å². The molecule has 4 heteroatoms. The van der Waals surface area contributed by atoms with Crippen molar-refractivity contribution in [3.63, 3.8) is 0 Å². The first kappa shape index (κ1) is 8.79. The van der Waals surface area contributed by atoms with Crippen molar-refractivity contribution in [2.45, 2.75) is 5.92 Å². The fraction of sp³-hybridized carbons (Fsp3) is 0.444. The molecule has 2 atom stereocenters. The molecule has 68 valence electrons. The van der Waals surface area contributed by atoms with E-state index in [1.54, 1.807) is 0 Å². The van der Waals surface area contributed by atoms with Crippen LogP contribution in [0.4, 0.5) is 0 Å². The second-order valence-corrected chi connectivity index (χ2v) is 3.92. The summed E-state index contributed by atoms with van der Waals surface area (Å²) in [6.07, 6.45) is 0. The number of halogens is 1. The Kier molecular flexibility index (Phi) is 2.38. The molecule has 0 aliphatic carbocycles. The highest BCUT2D eigenvalue weighted by Gasteiger charge is 2.30. The number of furan rings is 1. The van der Waals surface area contributed by atoms with E-state index in [-0.39, 0.29) is 11.8 Å². The molecule has 1 aromatic heterocycles. The Labute approximate surface area is 84.9 Å². The molecule has 0 radical (unpaired) electrons. The lowest BCUT2D eigenvalue weighted by Crippen LogP contribution is -2.07. The van der Waals surface area contributed by atoms with Gasteiger partial charge in [-0.15, -0.1) is 0 Å². The quantitative estimate of drug-likeness (QED) is 0.816. The molecule has 0 bridgehead atoms. The lowest BCUT2D eigenvalue weighted by atomic mass is 9.95. The average Bonchev–Trinajstić information content (AvgIpc) is 2.71. The molecule has 0 aromatic carbocycles. The lowest BCUT2D eigenvalue weighted by Gasteiger charge is -2.07. The van der Waals surface area contributed by atoms with Gasteiger partial charge in [0, 0.05) is 19.0 Å². The van der Waals surface area contributed by atoms with Crippen LogP contribution in [0, 0.1) is 17.2 Å². The van der Waals surface area contributed by atoms with Gasteiger partial charge in [-0.05, 0) is 28.1 Å². The number of nitrogens with zero attached hydrogens (tertiary/aromatic N) is 1. The molecule has 1 N–H and O–H groups in total. The Bertz CT molecular complexity index is 342. The van der Waals surface area contributed by atoms with Crippen LogP contribution in [0.3, 0.4) is 0 Å². The van der Waals surface area contributed by atoms with Crippen molar-refractivity contribution in [1.82, 2.24) is 5.32 Å². The second-order valence-electron chi connectivity index (χ2n) is 3.14. The standard InChI is InChI=1S/C9H9BrN2O/c10-9-2-1-8(13-9)7-5-12-4-6(7)3-11/h1-2,6-7,12H,4-5H2/t6-,7+/m1/s1. The van der Waals surface area contributed by atoms with Crippen LogP contribution in [0.2, 0.25) is 0 Å². The van der Waals surface area contributed by atoms with Crippen molar-refractivity contribution in [1.29, 1.82) is 5.26 Å². The fourth-order valence-electron chi connectivity index (χ4n) is 1.64. The number of nitriles is 1. The SMILES string of the molecule is N#C[C@@H]1CNC[C@@H]1c1ccc(Br)o1. The predicted octanol–water partition coefficient (Wildman–Crippen LogP) is 1.87. The summed E-state index contributed by atoms with van der Waals surface area (Å²) < 4.78 is 6.15. The zero-order valence-electron chi connectivity index (χ0n) is 6.96. The third kappa shape index (κ3) is 1.62. The Morgan fingerprint density at radius 3 is 3.00 bits per heavy atom. The van der Waals surface area contributed by atoms with Gasteiger partial charge in [0.2, 0.25) is 0 Å². The summed E-state index contributed by atoms with van der Waals surface area (Å²) in [5.41, 5.74) is 0. The van der Waals surface area contributed by atoms with Gasteiger partial charge >= 0.3 is 0 Å². The summed E-state index contributed by atoms with van der Waals surface area (Å²) >= 11 is 3.25. The van der Waals surface area contributed by atoms with E-state index in [0.717, 1.165) is 23.5 Å². The van der Waals surface area contributed by atoms with Crippen LogP contribution in [0.1, 0.15) is 11.7 Å². The topological polar surface area (TPSA) is 49.0 Å². The van der Waals surface area contributed by atoms with Crippen LogP contribution in [0.25, 0.3) is 0 Å². The number of hydrogen-bond acceptors (Lipinski definition) is 3. The minimum absolute atomic E-state index is 0.0399. The van der Waals surface area contributed by atoms with E-state index in [2.05, 4.69) is 27.3 Å². The molecule has 0 amide bonds. The number of nitrogens with one attached hydrogen (secondary N) is 1. The number of rotatable bonds is 1. The minimum Gasteiger partial charge on any atom is -0.454 e. The maximum absolute atomic E-state index is 8.86. The zero-order valence-corrected chi connectivity index (χ0v) is 8.54. The van der Waals surface area contributed by atoms with Crippen molar-refractivity contribution in [3.8, 4) is 6.07 Å². The van der Waals surface area contributed by atoms with Gasteiger partial charge in [-0.2, -0.15) is 5.26 Å². The number of hydrogen-bond donors (Lipinski definition) is 1. The van der Waals surface area contributed by atoms with E-state index in [1.165, 1.54) is 0 Å². The first-order chi connectivity index (χ1) is 6.31. The maximum Gasteiger partial charge on any atom is 0.169 e. The normalized spacial score (nSPS) is 27.4. The molecule has 1 fully saturated rings. The third-order valence-corrected chi connectivity index (χ3v) is 2.77. The van der Waals surface area contributed by atoms with Crippen LogP contribution in [-0.2, 0) is 0 Å². The fourth-order valence-corrected chi connectivity index (χ4v) is 1.96.